The summed E-state index contributed by atoms with van der Waals surface area (Å²) in [5.74, 6) is 0.389. The predicted molar refractivity (Wildman–Crippen MR) is 221 cm³/mol. The largest absolute Gasteiger partial charge is 0.507 e. The predicted octanol–water partition coefficient (Wildman–Crippen LogP) is 13.1. The molecule has 0 unspecified atom stereocenters. The molecule has 10 aromatic rings. The molecular weight excluding hydrogens is 629 g/mol. The molecule has 0 saturated carbocycles. The first kappa shape index (κ1) is 30.4. The molecule has 0 atom stereocenters. The van der Waals surface area contributed by atoms with E-state index < -0.39 is 0 Å². The van der Waals surface area contributed by atoms with Crippen molar-refractivity contribution in [1.29, 1.82) is 0 Å². The van der Waals surface area contributed by atoms with Crippen LogP contribution >= 0.6 is 0 Å². The Morgan fingerprint density at radius 3 is 0.827 bits per heavy atom. The maximum Gasteiger partial charge on any atom is 0.122 e. The van der Waals surface area contributed by atoms with Crippen molar-refractivity contribution in [2.24, 2.45) is 0 Å². The van der Waals surface area contributed by atoms with Crippen LogP contribution in [0, 0.1) is 0 Å². The average Bonchev–Trinajstić information content (AvgIpc) is 3.19. The van der Waals surface area contributed by atoms with Crippen LogP contribution in [-0.4, -0.2) is 5.11 Å². The third kappa shape index (κ3) is 5.17. The van der Waals surface area contributed by atoms with Gasteiger partial charge in [0.1, 0.15) is 5.75 Å². The van der Waals surface area contributed by atoms with Gasteiger partial charge in [-0.25, -0.2) is 0 Å². The summed E-state index contributed by atoms with van der Waals surface area (Å²) in [4.78, 5) is 0. The summed E-state index contributed by atoms with van der Waals surface area (Å²) in [6.45, 7) is 0. The molecule has 1 N–H and O–H groups in total. The zero-order valence-corrected chi connectivity index (χ0v) is 28.8. The standard InChI is InChI=1S/C51H36O/c52-51-40(31-49-44-21-9-3-15-36(44)29-37-16-4-10-22-45(37)49)25-33(27-48-42-19-7-1-13-34(42)28-35-14-2-8-20-43(35)48)26-41(51)32-50-46-23-11-5-17-38(46)30-39-18-6-12-24-47(39)50/h1-26,28-30,52H,27,31-32H2. The molecule has 0 radical (unpaired) electrons. The van der Waals surface area contributed by atoms with Crippen molar-refractivity contribution in [3.8, 4) is 5.75 Å². The molecule has 0 bridgehead atoms. The fourth-order valence-electron chi connectivity index (χ4n) is 8.68. The summed E-state index contributed by atoms with van der Waals surface area (Å²) >= 11 is 0. The van der Waals surface area contributed by atoms with Crippen molar-refractivity contribution in [2.45, 2.75) is 19.3 Å². The minimum absolute atomic E-state index is 0.389. The lowest BCUT2D eigenvalue weighted by Crippen LogP contribution is -2.01. The SMILES string of the molecule is Oc1c(Cc2c3ccccc3cc3ccccc23)cc(Cc2c3ccccc3cc3ccccc23)cc1Cc1c2ccccc2cc2ccccc12. The molecule has 0 aromatic heterocycles. The van der Waals surface area contributed by atoms with E-state index in [1.165, 1.54) is 86.9 Å². The molecular formula is C51H36O. The molecule has 0 amide bonds. The van der Waals surface area contributed by atoms with Gasteiger partial charge >= 0.3 is 0 Å². The first-order chi connectivity index (χ1) is 25.7. The van der Waals surface area contributed by atoms with Crippen molar-refractivity contribution in [1.82, 2.24) is 0 Å². The first-order valence-corrected chi connectivity index (χ1v) is 18.2. The zero-order chi connectivity index (χ0) is 34.6. The van der Waals surface area contributed by atoms with Crippen LogP contribution in [0.15, 0.2) is 176 Å². The van der Waals surface area contributed by atoms with Gasteiger partial charge in [0, 0.05) is 12.8 Å². The van der Waals surface area contributed by atoms with Crippen LogP contribution < -0.4 is 0 Å². The first-order valence-electron chi connectivity index (χ1n) is 18.2. The van der Waals surface area contributed by atoms with E-state index in [-0.39, 0.29) is 0 Å². The summed E-state index contributed by atoms with van der Waals surface area (Å²) in [6, 6.07) is 63.5. The molecule has 0 aliphatic rings. The normalized spacial score (nSPS) is 11.8. The lowest BCUT2D eigenvalue weighted by molar-refractivity contribution is 0.463. The van der Waals surface area contributed by atoms with Gasteiger partial charge in [0.2, 0.25) is 0 Å². The molecule has 0 fully saturated rings. The third-order valence-electron chi connectivity index (χ3n) is 11.1. The lowest BCUT2D eigenvalue weighted by atomic mass is 9.86. The number of fused-ring (bicyclic) bond motifs is 6. The highest BCUT2D eigenvalue weighted by atomic mass is 16.3. The molecule has 10 aromatic carbocycles. The van der Waals surface area contributed by atoms with Crippen LogP contribution in [0.1, 0.15) is 33.4 Å². The third-order valence-corrected chi connectivity index (χ3v) is 11.1. The maximum absolute atomic E-state index is 12.4. The smallest absolute Gasteiger partial charge is 0.122 e. The van der Waals surface area contributed by atoms with E-state index >= 15 is 0 Å². The van der Waals surface area contributed by atoms with Gasteiger partial charge in [0.05, 0.1) is 0 Å². The van der Waals surface area contributed by atoms with E-state index in [4.69, 9.17) is 0 Å². The zero-order valence-electron chi connectivity index (χ0n) is 28.8. The number of hydrogen-bond donors (Lipinski definition) is 1. The van der Waals surface area contributed by atoms with Crippen molar-refractivity contribution in [2.75, 3.05) is 0 Å². The Morgan fingerprint density at radius 2 is 0.538 bits per heavy atom. The summed E-state index contributed by atoms with van der Waals surface area (Å²) < 4.78 is 0. The number of aromatic hydroxyl groups is 1. The van der Waals surface area contributed by atoms with Crippen LogP contribution in [0.25, 0.3) is 64.6 Å². The molecule has 246 valence electrons. The molecule has 52 heavy (non-hydrogen) atoms. The van der Waals surface area contributed by atoms with E-state index in [0.717, 1.165) is 17.5 Å². The maximum atomic E-state index is 12.4. The number of phenols is 1. The van der Waals surface area contributed by atoms with Crippen LogP contribution in [0.3, 0.4) is 0 Å². The van der Waals surface area contributed by atoms with Gasteiger partial charge in [0.25, 0.3) is 0 Å². The Labute approximate surface area is 303 Å². The van der Waals surface area contributed by atoms with E-state index in [9.17, 15) is 5.11 Å². The van der Waals surface area contributed by atoms with Crippen LogP contribution in [0.2, 0.25) is 0 Å². The fraction of sp³-hybridized carbons (Fsp3) is 0.0588. The van der Waals surface area contributed by atoms with Gasteiger partial charge in [-0.2, -0.15) is 0 Å². The Bertz CT molecular complexity index is 2700. The minimum Gasteiger partial charge on any atom is -0.507 e. The second kappa shape index (κ2) is 12.4. The van der Waals surface area contributed by atoms with Crippen LogP contribution in [-0.2, 0) is 19.3 Å². The highest BCUT2D eigenvalue weighted by molar-refractivity contribution is 6.05. The number of rotatable bonds is 6. The Morgan fingerprint density at radius 1 is 0.288 bits per heavy atom. The van der Waals surface area contributed by atoms with Crippen LogP contribution in [0.5, 0.6) is 5.75 Å². The minimum atomic E-state index is 0.389. The Balaban J connectivity index is 1.21. The van der Waals surface area contributed by atoms with Gasteiger partial charge < -0.3 is 5.11 Å². The summed E-state index contributed by atoms with van der Waals surface area (Å²) in [6.07, 6.45) is 2.01. The summed E-state index contributed by atoms with van der Waals surface area (Å²) in [5.41, 5.74) is 6.95. The number of hydrogen-bond acceptors (Lipinski definition) is 1. The Kier molecular flexibility index (Phi) is 7.25. The summed E-state index contributed by atoms with van der Waals surface area (Å²) in [7, 11) is 0. The molecule has 10 rings (SSSR count). The quantitative estimate of drug-likeness (QED) is 0.175. The Hall–Kier alpha value is -6.44. The van der Waals surface area contributed by atoms with Gasteiger partial charge in [-0.05, 0) is 123 Å². The van der Waals surface area contributed by atoms with Crippen molar-refractivity contribution in [3.63, 3.8) is 0 Å². The molecule has 0 heterocycles. The summed E-state index contributed by atoms with van der Waals surface area (Å²) in [5, 5.41) is 27.3. The second-order valence-electron chi connectivity index (χ2n) is 14.2. The molecule has 0 aliphatic heterocycles. The van der Waals surface area contributed by atoms with Crippen molar-refractivity contribution in [3.05, 3.63) is 209 Å². The lowest BCUT2D eigenvalue weighted by Gasteiger charge is -2.19. The van der Waals surface area contributed by atoms with E-state index in [2.05, 4.69) is 176 Å². The van der Waals surface area contributed by atoms with Gasteiger partial charge in [-0.15, -0.1) is 0 Å². The second-order valence-corrected chi connectivity index (χ2v) is 14.2. The van der Waals surface area contributed by atoms with Crippen molar-refractivity contribution < 1.29 is 5.11 Å². The van der Waals surface area contributed by atoms with E-state index in [0.29, 0.717) is 18.6 Å². The molecule has 0 saturated heterocycles. The number of phenolic OH excluding ortho intramolecular Hbond substituents is 1. The monoisotopic (exact) mass is 664 g/mol. The van der Waals surface area contributed by atoms with Gasteiger partial charge in [0.15, 0.2) is 0 Å². The average molecular weight is 665 g/mol. The highest BCUT2D eigenvalue weighted by Crippen LogP contribution is 2.39. The molecule has 1 nitrogen and oxygen atoms in total. The van der Waals surface area contributed by atoms with Crippen molar-refractivity contribution >= 4 is 64.6 Å². The topological polar surface area (TPSA) is 20.2 Å². The van der Waals surface area contributed by atoms with Crippen LogP contribution in [0.4, 0.5) is 0 Å². The molecule has 0 aliphatic carbocycles. The highest BCUT2D eigenvalue weighted by Gasteiger charge is 2.18. The van der Waals surface area contributed by atoms with Gasteiger partial charge in [-0.3, -0.25) is 0 Å². The van der Waals surface area contributed by atoms with E-state index in [1.54, 1.807) is 0 Å². The molecule has 0 spiro atoms. The van der Waals surface area contributed by atoms with Gasteiger partial charge in [-0.1, -0.05) is 158 Å². The molecule has 1 heteroatoms. The fourth-order valence-corrected chi connectivity index (χ4v) is 8.68. The number of benzene rings is 10. The van der Waals surface area contributed by atoms with E-state index in [1.807, 2.05) is 0 Å².